The Labute approximate surface area is 102 Å². The minimum Gasteiger partial charge on any atom is -0.465 e. The van der Waals surface area contributed by atoms with Gasteiger partial charge in [0, 0.05) is 6.07 Å². The summed E-state index contributed by atoms with van der Waals surface area (Å²) < 4.78 is 27.9. The number of hydrogen-bond acceptors (Lipinski definition) is 6. The summed E-state index contributed by atoms with van der Waals surface area (Å²) in [5, 5.41) is 11.6. The Morgan fingerprint density at radius 3 is 2.61 bits per heavy atom. The maximum Gasteiger partial charge on any atom is 0.339 e. The molecule has 0 bridgehead atoms. The lowest BCUT2D eigenvalue weighted by Gasteiger charge is -2.03. The molecule has 0 spiro atoms. The van der Waals surface area contributed by atoms with Crippen LogP contribution in [0.2, 0.25) is 0 Å². The average molecular weight is 269 g/mol. The zero-order valence-electron chi connectivity index (χ0n) is 9.11. The molecule has 0 atom stereocenters. The third-order valence-corrected chi connectivity index (χ3v) is 3.95. The molecule has 0 aliphatic carbocycles. The standard InChI is InChI=1S/C10H7NO6S/c1-17-10(12)6-5-18(15,16)8-4-2-3-7(9(6)8)11(13)14/h2-5H,1H3. The first kappa shape index (κ1) is 12.2. The second kappa shape index (κ2) is 3.91. The molecule has 0 saturated heterocycles. The molecular formula is C10H7NO6S. The van der Waals surface area contributed by atoms with Gasteiger partial charge in [-0.05, 0) is 6.07 Å². The molecule has 0 saturated carbocycles. The fraction of sp³-hybridized carbons (Fsp3) is 0.100. The van der Waals surface area contributed by atoms with Gasteiger partial charge in [0.2, 0.25) is 9.84 Å². The SMILES string of the molecule is COC(=O)C1=CS(=O)(=O)c2cccc([N+](=O)[O-])c21. The van der Waals surface area contributed by atoms with Crippen LogP contribution < -0.4 is 0 Å². The van der Waals surface area contributed by atoms with E-state index in [1.165, 1.54) is 12.1 Å². The van der Waals surface area contributed by atoms with E-state index in [2.05, 4.69) is 4.74 Å². The van der Waals surface area contributed by atoms with Gasteiger partial charge in [0.05, 0.1) is 33.5 Å². The Balaban J connectivity index is 2.82. The van der Waals surface area contributed by atoms with E-state index in [-0.39, 0.29) is 16.0 Å². The van der Waals surface area contributed by atoms with Gasteiger partial charge in [0.15, 0.2) is 0 Å². The molecule has 1 aromatic carbocycles. The van der Waals surface area contributed by atoms with Gasteiger partial charge < -0.3 is 4.74 Å². The van der Waals surface area contributed by atoms with Gasteiger partial charge in [-0.25, -0.2) is 13.2 Å². The van der Waals surface area contributed by atoms with Crippen molar-refractivity contribution in [3.63, 3.8) is 0 Å². The van der Waals surface area contributed by atoms with Gasteiger partial charge in [-0.15, -0.1) is 0 Å². The first-order valence-corrected chi connectivity index (χ1v) is 6.26. The molecule has 18 heavy (non-hydrogen) atoms. The lowest BCUT2D eigenvalue weighted by atomic mass is 10.1. The summed E-state index contributed by atoms with van der Waals surface area (Å²) in [5.41, 5.74) is -0.973. The zero-order valence-corrected chi connectivity index (χ0v) is 9.93. The first-order valence-electron chi connectivity index (χ1n) is 4.71. The Bertz CT molecular complexity index is 688. The minimum absolute atomic E-state index is 0.214. The molecule has 0 fully saturated rings. The minimum atomic E-state index is -3.83. The summed E-state index contributed by atoms with van der Waals surface area (Å²) in [6.07, 6.45) is 0. The summed E-state index contributed by atoms with van der Waals surface area (Å²) in [6, 6.07) is 3.60. The van der Waals surface area contributed by atoms with E-state index in [1.54, 1.807) is 0 Å². The number of nitrogens with zero attached hydrogens (tertiary/aromatic N) is 1. The van der Waals surface area contributed by atoms with Crippen molar-refractivity contribution >= 4 is 27.1 Å². The molecule has 7 nitrogen and oxygen atoms in total. The highest BCUT2D eigenvalue weighted by molar-refractivity contribution is 7.95. The van der Waals surface area contributed by atoms with Crippen LogP contribution in [-0.4, -0.2) is 26.4 Å². The predicted octanol–water partition coefficient (Wildman–Crippen LogP) is 0.896. The normalized spacial score (nSPS) is 15.7. The second-order valence-corrected chi connectivity index (χ2v) is 5.24. The molecule has 1 aromatic rings. The third-order valence-electron chi connectivity index (χ3n) is 2.46. The number of sulfone groups is 1. The Hall–Kier alpha value is -2.22. The van der Waals surface area contributed by atoms with Crippen LogP contribution in [-0.2, 0) is 19.4 Å². The van der Waals surface area contributed by atoms with E-state index in [0.29, 0.717) is 5.41 Å². The van der Waals surface area contributed by atoms with Crippen molar-refractivity contribution in [1.82, 2.24) is 0 Å². The number of ether oxygens (including phenoxy) is 1. The first-order chi connectivity index (χ1) is 8.38. The van der Waals surface area contributed by atoms with E-state index in [9.17, 15) is 23.3 Å². The number of carbonyl (C=O) groups excluding carboxylic acids is 1. The number of nitro groups is 1. The molecule has 8 heteroatoms. The Morgan fingerprint density at radius 2 is 2.06 bits per heavy atom. The van der Waals surface area contributed by atoms with Crippen molar-refractivity contribution in [2.24, 2.45) is 0 Å². The highest BCUT2D eigenvalue weighted by atomic mass is 32.2. The van der Waals surface area contributed by atoms with E-state index < -0.39 is 26.4 Å². The summed E-state index contributed by atoms with van der Waals surface area (Å²) >= 11 is 0. The van der Waals surface area contributed by atoms with Gasteiger partial charge in [0.1, 0.15) is 0 Å². The van der Waals surface area contributed by atoms with Gasteiger partial charge in [-0.1, -0.05) is 6.07 Å². The van der Waals surface area contributed by atoms with E-state index in [0.717, 1.165) is 13.2 Å². The lowest BCUT2D eigenvalue weighted by molar-refractivity contribution is -0.385. The molecule has 0 N–H and O–H groups in total. The van der Waals surface area contributed by atoms with Crippen LogP contribution in [0.15, 0.2) is 28.5 Å². The number of rotatable bonds is 2. The van der Waals surface area contributed by atoms with E-state index in [4.69, 9.17) is 0 Å². The van der Waals surface area contributed by atoms with Crippen LogP contribution in [0, 0.1) is 10.1 Å². The van der Waals surface area contributed by atoms with Crippen molar-refractivity contribution in [2.75, 3.05) is 7.11 Å². The van der Waals surface area contributed by atoms with Crippen LogP contribution >= 0.6 is 0 Å². The number of benzene rings is 1. The van der Waals surface area contributed by atoms with Gasteiger partial charge >= 0.3 is 5.97 Å². The predicted molar refractivity (Wildman–Crippen MR) is 60.3 cm³/mol. The molecule has 1 aliphatic rings. The summed E-state index contributed by atoms with van der Waals surface area (Å²) in [7, 11) is -2.76. The molecule has 94 valence electrons. The van der Waals surface area contributed by atoms with Crippen LogP contribution in [0.5, 0.6) is 0 Å². The molecule has 0 unspecified atom stereocenters. The lowest BCUT2D eigenvalue weighted by Crippen LogP contribution is -2.05. The maximum atomic E-state index is 11.8. The second-order valence-electron chi connectivity index (χ2n) is 3.48. The van der Waals surface area contributed by atoms with Crippen LogP contribution in [0.4, 0.5) is 5.69 Å². The highest BCUT2D eigenvalue weighted by Crippen LogP contribution is 2.39. The van der Waals surface area contributed by atoms with Crippen molar-refractivity contribution < 1.29 is 22.9 Å². The molecule has 1 heterocycles. The van der Waals surface area contributed by atoms with Crippen LogP contribution in [0.3, 0.4) is 0 Å². The number of nitro benzene ring substituents is 1. The van der Waals surface area contributed by atoms with Crippen LogP contribution in [0.25, 0.3) is 5.57 Å². The smallest absolute Gasteiger partial charge is 0.339 e. The van der Waals surface area contributed by atoms with Gasteiger partial charge in [-0.2, -0.15) is 0 Å². The number of hydrogen-bond donors (Lipinski definition) is 0. The number of carbonyl (C=O) groups is 1. The topological polar surface area (TPSA) is 104 Å². The van der Waals surface area contributed by atoms with Crippen molar-refractivity contribution in [3.8, 4) is 0 Å². The summed E-state index contributed by atoms with van der Waals surface area (Å²) in [4.78, 5) is 21.3. The fourth-order valence-corrected chi connectivity index (χ4v) is 3.14. The van der Waals surface area contributed by atoms with Gasteiger partial charge in [0.25, 0.3) is 5.69 Å². The summed E-state index contributed by atoms with van der Waals surface area (Å²) in [5.74, 6) is -0.924. The highest BCUT2D eigenvalue weighted by Gasteiger charge is 2.37. The molecule has 0 radical (unpaired) electrons. The molecule has 2 rings (SSSR count). The van der Waals surface area contributed by atoms with Crippen molar-refractivity contribution in [1.29, 1.82) is 0 Å². The summed E-state index contributed by atoms with van der Waals surface area (Å²) in [6.45, 7) is 0. The van der Waals surface area contributed by atoms with Crippen molar-refractivity contribution in [3.05, 3.63) is 39.3 Å². The van der Waals surface area contributed by atoms with E-state index in [1.807, 2.05) is 0 Å². The molecule has 0 aromatic heterocycles. The maximum absolute atomic E-state index is 11.8. The molecule has 0 amide bonds. The van der Waals surface area contributed by atoms with Crippen LogP contribution in [0.1, 0.15) is 5.56 Å². The fourth-order valence-electron chi connectivity index (χ4n) is 1.72. The number of esters is 1. The molecule has 1 aliphatic heterocycles. The molecular weight excluding hydrogens is 262 g/mol. The monoisotopic (exact) mass is 269 g/mol. The third kappa shape index (κ3) is 1.66. The largest absolute Gasteiger partial charge is 0.465 e. The Morgan fingerprint density at radius 1 is 1.39 bits per heavy atom. The number of methoxy groups -OCH3 is 1. The zero-order chi connectivity index (χ0) is 13.5. The Kier molecular flexibility index (Phi) is 2.66. The number of fused-ring (bicyclic) bond motifs is 1. The quantitative estimate of drug-likeness (QED) is 0.448. The van der Waals surface area contributed by atoms with E-state index >= 15 is 0 Å². The average Bonchev–Trinajstić information content (AvgIpc) is 2.60. The van der Waals surface area contributed by atoms with Gasteiger partial charge in [-0.3, -0.25) is 10.1 Å². The van der Waals surface area contributed by atoms with Crippen molar-refractivity contribution in [2.45, 2.75) is 4.90 Å².